The first-order valence-electron chi connectivity index (χ1n) is 19.4. The van der Waals surface area contributed by atoms with Crippen LogP contribution in [0.15, 0.2) is 133 Å². The smallest absolute Gasteiger partial charge is 0.338 e. The quantitative estimate of drug-likeness (QED) is 0.0451. The summed E-state index contributed by atoms with van der Waals surface area (Å²) in [5.41, 5.74) is 17.1. The fraction of sp³-hybridized carbons (Fsp3) is 0.208. The number of rotatable bonds is 13. The molecule has 4 N–H and O–H groups in total. The number of nitrogens with one attached hydrogen (secondary N) is 2. The van der Waals surface area contributed by atoms with Gasteiger partial charge < -0.3 is 25.8 Å². The van der Waals surface area contributed by atoms with Gasteiger partial charge in [0.25, 0.3) is 5.69 Å². The summed E-state index contributed by atoms with van der Waals surface area (Å²) in [6, 6.07) is 42.4. The number of nitro groups is 1. The predicted molar refractivity (Wildman–Crippen MR) is 229 cm³/mol. The Balaban J connectivity index is 0.000000177. The second kappa shape index (κ2) is 17.9. The SMILES string of the molecule is COC(=O)c1cc(C2CC2)ccc1Cc1ccc(Nc2ccccc2)c(N)c1.COC(=O)c1cc(C2CC2)ccc1Cc1ccc(Nc2ccccc2)c([N+](=O)[O-])c1. The Morgan fingerprint density at radius 1 is 0.621 bits per heavy atom. The minimum Gasteiger partial charge on any atom is -0.465 e. The molecule has 0 saturated heterocycles. The fourth-order valence-corrected chi connectivity index (χ4v) is 7.01. The molecule has 10 nitrogen and oxygen atoms in total. The van der Waals surface area contributed by atoms with Crippen LogP contribution in [-0.2, 0) is 22.3 Å². The molecule has 2 aliphatic rings. The van der Waals surface area contributed by atoms with Crippen molar-refractivity contribution in [1.82, 2.24) is 0 Å². The van der Waals surface area contributed by atoms with E-state index >= 15 is 0 Å². The summed E-state index contributed by atoms with van der Waals surface area (Å²) in [5, 5.41) is 18.1. The van der Waals surface area contributed by atoms with E-state index in [0.717, 1.165) is 57.7 Å². The van der Waals surface area contributed by atoms with Crippen LogP contribution in [0.2, 0.25) is 0 Å². The van der Waals surface area contributed by atoms with Crippen molar-refractivity contribution in [2.75, 3.05) is 30.6 Å². The number of nitrogens with two attached hydrogens (primary N) is 1. The number of hydrogen-bond donors (Lipinski definition) is 3. The Morgan fingerprint density at radius 3 is 1.50 bits per heavy atom. The molecule has 294 valence electrons. The van der Waals surface area contributed by atoms with Gasteiger partial charge in [-0.3, -0.25) is 10.1 Å². The minimum atomic E-state index is -0.397. The van der Waals surface area contributed by atoms with Crippen LogP contribution < -0.4 is 16.4 Å². The minimum absolute atomic E-state index is 0.00873. The molecule has 0 aliphatic heterocycles. The number of ether oxygens (including phenoxy) is 2. The standard InChI is InChI=1S/C24H22N2O4.C24H24N2O2/c1-30-24(27)21-15-18(17-8-9-17)10-11-19(21)13-16-7-12-22(23(14-16)26(28)29)25-20-5-3-2-4-6-20;1-28-24(27)21-15-18(17-8-9-17)10-11-19(21)13-16-7-12-23(22(25)14-16)26-20-5-3-2-4-6-20/h2-7,10-12,14-15,17,25H,8-9,13H2,1H3;2-7,10-12,14-15,17,26H,8-9,13,25H2,1H3. The highest BCUT2D eigenvalue weighted by molar-refractivity contribution is 5.92. The van der Waals surface area contributed by atoms with Crippen LogP contribution in [-0.4, -0.2) is 31.1 Å². The Labute approximate surface area is 338 Å². The topological polar surface area (TPSA) is 146 Å². The number of methoxy groups -OCH3 is 2. The Bertz CT molecular complexity index is 2430. The van der Waals surface area contributed by atoms with Crippen molar-refractivity contribution in [3.63, 3.8) is 0 Å². The lowest BCUT2D eigenvalue weighted by Gasteiger charge is -2.13. The van der Waals surface area contributed by atoms with E-state index in [1.54, 1.807) is 12.1 Å². The van der Waals surface area contributed by atoms with Crippen molar-refractivity contribution in [3.05, 3.63) is 188 Å². The van der Waals surface area contributed by atoms with Gasteiger partial charge in [0.05, 0.1) is 41.6 Å². The summed E-state index contributed by atoms with van der Waals surface area (Å²) in [6.07, 6.45) is 5.72. The fourth-order valence-electron chi connectivity index (χ4n) is 7.01. The van der Waals surface area contributed by atoms with Crippen LogP contribution in [0.3, 0.4) is 0 Å². The van der Waals surface area contributed by atoms with Gasteiger partial charge in [-0.05, 0) is 138 Å². The summed E-state index contributed by atoms with van der Waals surface area (Å²) in [7, 11) is 2.79. The highest BCUT2D eigenvalue weighted by Gasteiger charge is 2.27. The summed E-state index contributed by atoms with van der Waals surface area (Å²) in [6.45, 7) is 0. The predicted octanol–water partition coefficient (Wildman–Crippen LogP) is 10.9. The third-order valence-electron chi connectivity index (χ3n) is 10.4. The first kappa shape index (κ1) is 39.3. The van der Waals surface area contributed by atoms with Crippen molar-refractivity contribution < 1.29 is 24.0 Å². The largest absolute Gasteiger partial charge is 0.465 e. The molecule has 58 heavy (non-hydrogen) atoms. The number of hydrogen-bond acceptors (Lipinski definition) is 9. The third kappa shape index (κ3) is 9.89. The maximum Gasteiger partial charge on any atom is 0.338 e. The Hall–Kier alpha value is -6.94. The molecule has 0 aromatic heterocycles. The molecule has 0 spiro atoms. The van der Waals surface area contributed by atoms with E-state index in [2.05, 4.69) is 16.7 Å². The second-order valence-electron chi connectivity index (χ2n) is 14.7. The van der Waals surface area contributed by atoms with Crippen LogP contribution in [0.4, 0.5) is 34.1 Å². The van der Waals surface area contributed by atoms with Gasteiger partial charge in [0.15, 0.2) is 0 Å². The third-order valence-corrected chi connectivity index (χ3v) is 10.4. The number of carbonyl (C=O) groups excluding carboxylic acids is 2. The average Bonchev–Trinajstić information content (AvgIpc) is 4.18. The van der Waals surface area contributed by atoms with Gasteiger partial charge in [0.2, 0.25) is 0 Å². The van der Waals surface area contributed by atoms with E-state index in [-0.39, 0.29) is 17.6 Å². The van der Waals surface area contributed by atoms with Gasteiger partial charge in [-0.15, -0.1) is 0 Å². The van der Waals surface area contributed by atoms with Crippen LogP contribution in [0.1, 0.15) is 91.6 Å². The van der Waals surface area contributed by atoms with E-state index < -0.39 is 4.92 Å². The van der Waals surface area contributed by atoms with E-state index in [9.17, 15) is 19.7 Å². The Kier molecular flexibility index (Phi) is 12.1. The van der Waals surface area contributed by atoms with Crippen LogP contribution in [0, 0.1) is 10.1 Å². The van der Waals surface area contributed by atoms with Crippen molar-refractivity contribution in [1.29, 1.82) is 0 Å². The van der Waals surface area contributed by atoms with Gasteiger partial charge in [0, 0.05) is 17.4 Å². The van der Waals surface area contributed by atoms with Crippen molar-refractivity contribution >= 4 is 46.1 Å². The highest BCUT2D eigenvalue weighted by atomic mass is 16.6. The van der Waals surface area contributed by atoms with Gasteiger partial charge >= 0.3 is 11.9 Å². The molecule has 0 bridgehead atoms. The molecular weight excluding hydrogens is 729 g/mol. The van der Waals surface area contributed by atoms with Crippen LogP contribution >= 0.6 is 0 Å². The zero-order valence-electron chi connectivity index (χ0n) is 32.6. The maximum atomic E-state index is 12.3. The van der Waals surface area contributed by atoms with Crippen molar-refractivity contribution in [2.24, 2.45) is 0 Å². The number of benzene rings is 6. The van der Waals surface area contributed by atoms with Gasteiger partial charge in [-0.1, -0.05) is 72.8 Å². The molecule has 6 aromatic rings. The molecule has 10 heteroatoms. The monoisotopic (exact) mass is 774 g/mol. The highest BCUT2D eigenvalue weighted by Crippen LogP contribution is 2.42. The second-order valence-corrected chi connectivity index (χ2v) is 14.7. The molecule has 8 rings (SSSR count). The normalized spacial score (nSPS) is 13.1. The lowest BCUT2D eigenvalue weighted by atomic mass is 9.96. The van der Waals surface area contributed by atoms with Crippen molar-refractivity contribution in [2.45, 2.75) is 50.4 Å². The molecular formula is C48H46N4O6. The lowest BCUT2D eigenvalue weighted by molar-refractivity contribution is -0.384. The van der Waals surface area contributed by atoms with E-state index in [1.165, 1.54) is 32.6 Å². The van der Waals surface area contributed by atoms with Crippen LogP contribution in [0.25, 0.3) is 0 Å². The van der Waals surface area contributed by atoms with E-state index in [0.29, 0.717) is 47.2 Å². The van der Waals surface area contributed by atoms with Crippen LogP contribution in [0.5, 0.6) is 0 Å². The lowest BCUT2D eigenvalue weighted by Crippen LogP contribution is -2.07. The summed E-state index contributed by atoms with van der Waals surface area (Å²) in [4.78, 5) is 35.9. The average molecular weight is 775 g/mol. The van der Waals surface area contributed by atoms with E-state index in [4.69, 9.17) is 15.2 Å². The number of nitrogen functional groups attached to an aromatic ring is 1. The molecule has 0 radical (unpaired) electrons. The molecule has 2 saturated carbocycles. The Morgan fingerprint density at radius 2 is 1.07 bits per heavy atom. The maximum absolute atomic E-state index is 12.3. The summed E-state index contributed by atoms with van der Waals surface area (Å²) >= 11 is 0. The van der Waals surface area contributed by atoms with Gasteiger partial charge in [0.1, 0.15) is 5.69 Å². The van der Waals surface area contributed by atoms with Gasteiger partial charge in [-0.2, -0.15) is 0 Å². The molecule has 0 atom stereocenters. The first-order chi connectivity index (χ1) is 28.2. The number of nitro benzene ring substituents is 1. The number of para-hydroxylation sites is 2. The number of nitrogens with zero attached hydrogens (tertiary/aromatic N) is 1. The molecule has 0 unspecified atom stereocenters. The zero-order valence-corrected chi connectivity index (χ0v) is 32.6. The number of esters is 2. The first-order valence-corrected chi connectivity index (χ1v) is 19.4. The van der Waals surface area contributed by atoms with E-state index in [1.807, 2.05) is 115 Å². The molecule has 0 amide bonds. The van der Waals surface area contributed by atoms with Crippen molar-refractivity contribution in [3.8, 4) is 0 Å². The molecule has 2 fully saturated rings. The summed E-state index contributed by atoms with van der Waals surface area (Å²) < 4.78 is 9.97. The number of anilines is 5. The van der Waals surface area contributed by atoms with Gasteiger partial charge in [-0.25, -0.2) is 9.59 Å². The molecule has 0 heterocycles. The molecule has 2 aliphatic carbocycles. The molecule has 6 aromatic carbocycles. The zero-order chi connectivity index (χ0) is 40.6. The number of carbonyl (C=O) groups is 2. The summed E-state index contributed by atoms with van der Waals surface area (Å²) in [5.74, 6) is 0.445.